The molecule has 0 aliphatic heterocycles. The van der Waals surface area contributed by atoms with E-state index in [0.717, 1.165) is 0 Å². The molecule has 2 aliphatic rings. The largest absolute Gasteiger partial charge is 0.0805 e. The number of allylic oxidation sites excluding steroid dienone is 4. The van der Waals surface area contributed by atoms with E-state index < -0.39 is 16.8 Å². The van der Waals surface area contributed by atoms with Crippen LogP contribution in [0.1, 0.15) is 134 Å². The molecule has 2 rings (SSSR count). The molecule has 0 spiro atoms. The Morgan fingerprint density at radius 2 is 0.824 bits per heavy atom. The lowest BCUT2D eigenvalue weighted by atomic mass is 9.96. The maximum absolute atomic E-state index is 4.02. The van der Waals surface area contributed by atoms with Gasteiger partial charge < -0.3 is 0 Å². The highest BCUT2D eigenvalue weighted by molar-refractivity contribution is 6.83. The molecule has 0 N–H and O–H groups in total. The molecule has 34 heavy (non-hydrogen) atoms. The molecule has 2 heteroatoms. The monoisotopic (exact) mass is 494 g/mol. The summed E-state index contributed by atoms with van der Waals surface area (Å²) in [5.74, 6) is 8.03. The van der Waals surface area contributed by atoms with E-state index in [1.807, 2.05) is 0 Å². The van der Waals surface area contributed by atoms with Crippen molar-refractivity contribution in [2.24, 2.45) is 0 Å². The molecule has 0 radical (unpaired) electrons. The van der Waals surface area contributed by atoms with Gasteiger partial charge in [-0.05, 0) is 82.7 Å². The van der Waals surface area contributed by atoms with Crippen molar-refractivity contribution in [3.8, 4) is 11.8 Å². The second-order valence-corrected chi connectivity index (χ2v) is 23.2. The minimum absolute atomic E-state index is 0.275. The second-order valence-electron chi connectivity index (χ2n) is 14.7. The van der Waals surface area contributed by atoms with Crippen molar-refractivity contribution in [2.75, 3.05) is 0 Å². The standard InChI is InChI=1S/C32H54Si2/c1-29(2,3)33(30(4,5)6)27(25-19-15-13-16-20-25)23-24-28(26-21-17-14-18-22-26)34(31(7,8)9)32(10,11)12/h19,21H,13-18,20,22H2,1-12H3. The molecule has 0 atom stereocenters. The average Bonchev–Trinajstić information content (AvgIpc) is 2.67. The first kappa shape index (κ1) is 29.4. The van der Waals surface area contributed by atoms with Gasteiger partial charge in [-0.25, -0.2) is 0 Å². The van der Waals surface area contributed by atoms with Gasteiger partial charge >= 0.3 is 0 Å². The van der Waals surface area contributed by atoms with Crippen LogP contribution in [0.3, 0.4) is 0 Å². The molecule has 190 valence electrons. The van der Waals surface area contributed by atoms with Crippen LogP contribution in [0.2, 0.25) is 20.2 Å². The van der Waals surface area contributed by atoms with Crippen molar-refractivity contribution < 1.29 is 0 Å². The predicted octanol–water partition coefficient (Wildman–Crippen LogP) is 9.69. The maximum Gasteiger partial charge on any atom is 0.0421 e. The van der Waals surface area contributed by atoms with Gasteiger partial charge in [-0.2, -0.15) is 0 Å². The second kappa shape index (κ2) is 11.1. The van der Waals surface area contributed by atoms with Crippen LogP contribution in [0.4, 0.5) is 0 Å². The molecular weight excluding hydrogens is 441 g/mol. The molecule has 2 aliphatic carbocycles. The smallest absolute Gasteiger partial charge is 0.0421 e. The summed E-state index contributed by atoms with van der Waals surface area (Å²) in [5.41, 5.74) is 3.18. The Morgan fingerprint density at radius 3 is 1.03 bits per heavy atom. The zero-order chi connectivity index (χ0) is 25.9. The molecule has 0 saturated heterocycles. The van der Waals surface area contributed by atoms with Crippen LogP contribution in [0, 0.1) is 11.8 Å². The lowest BCUT2D eigenvalue weighted by Gasteiger charge is -2.36. The predicted molar refractivity (Wildman–Crippen MR) is 161 cm³/mol. The summed E-state index contributed by atoms with van der Waals surface area (Å²) in [5, 5.41) is 4.19. The van der Waals surface area contributed by atoms with E-state index in [1.165, 1.54) is 51.4 Å². The first-order chi connectivity index (χ1) is 15.4. The lowest BCUT2D eigenvalue weighted by molar-refractivity contribution is 0.661. The summed E-state index contributed by atoms with van der Waals surface area (Å²) in [6.07, 6.45) is 15.3. The summed E-state index contributed by atoms with van der Waals surface area (Å²) >= 11 is 0. The number of rotatable bonds is 2. The van der Waals surface area contributed by atoms with Gasteiger partial charge in [-0.15, -0.1) is 0 Å². The topological polar surface area (TPSA) is 0 Å². The van der Waals surface area contributed by atoms with Crippen molar-refractivity contribution in [1.29, 1.82) is 0 Å². The summed E-state index contributed by atoms with van der Waals surface area (Å²) in [4.78, 5) is 0. The summed E-state index contributed by atoms with van der Waals surface area (Å²) in [6, 6.07) is 0. The summed E-state index contributed by atoms with van der Waals surface area (Å²) in [6.45, 7) is 29.6. The molecule has 0 bridgehead atoms. The van der Waals surface area contributed by atoms with Crippen molar-refractivity contribution in [3.05, 3.63) is 23.3 Å². The van der Waals surface area contributed by atoms with E-state index in [4.69, 9.17) is 0 Å². The van der Waals surface area contributed by atoms with Gasteiger partial charge in [0.05, 0.1) is 0 Å². The molecular formula is C32H54Si2. The Balaban J connectivity index is 2.94. The number of hydrogen-bond acceptors (Lipinski definition) is 0. The Hall–Kier alpha value is -0.786. The quantitative estimate of drug-likeness (QED) is 0.265. The Bertz CT molecular complexity index is 819. The van der Waals surface area contributed by atoms with E-state index in [0.29, 0.717) is 0 Å². The molecule has 0 saturated carbocycles. The Labute approximate surface area is 216 Å². The van der Waals surface area contributed by atoms with Crippen molar-refractivity contribution >= 4 is 27.2 Å². The van der Waals surface area contributed by atoms with Crippen LogP contribution in [0.5, 0.6) is 0 Å². The van der Waals surface area contributed by atoms with Gasteiger partial charge in [0.15, 0.2) is 0 Å². The fraction of sp³-hybridized carbons (Fsp3) is 0.750. The van der Waals surface area contributed by atoms with Crippen LogP contribution >= 0.6 is 0 Å². The third kappa shape index (κ3) is 7.86. The minimum atomic E-state index is -0.881. The molecule has 0 aromatic rings. The van der Waals surface area contributed by atoms with Crippen LogP contribution in [0.15, 0.2) is 23.3 Å². The minimum Gasteiger partial charge on any atom is -0.0805 e. The van der Waals surface area contributed by atoms with Gasteiger partial charge in [0.1, 0.15) is 0 Å². The first-order valence-corrected chi connectivity index (χ1v) is 16.9. The molecule has 0 unspecified atom stereocenters. The third-order valence-electron chi connectivity index (χ3n) is 7.04. The molecule has 0 heterocycles. The van der Waals surface area contributed by atoms with E-state index in [-0.39, 0.29) is 20.2 Å². The fourth-order valence-electron chi connectivity index (χ4n) is 6.61. The third-order valence-corrected chi connectivity index (χ3v) is 14.9. The molecule has 0 aromatic carbocycles. The lowest BCUT2D eigenvalue weighted by Crippen LogP contribution is -2.36. The van der Waals surface area contributed by atoms with Crippen LogP contribution in [0.25, 0.3) is 0 Å². The molecule has 0 nitrogen and oxygen atoms in total. The first-order valence-electron chi connectivity index (χ1n) is 13.9. The van der Waals surface area contributed by atoms with Crippen LogP contribution < -0.4 is 0 Å². The van der Waals surface area contributed by atoms with E-state index in [1.54, 1.807) is 21.5 Å². The summed E-state index contributed by atoms with van der Waals surface area (Å²) in [7, 11) is -1.76. The normalized spacial score (nSPS) is 17.8. The molecule has 0 amide bonds. The highest BCUT2D eigenvalue weighted by Crippen LogP contribution is 2.41. The zero-order valence-electron chi connectivity index (χ0n) is 24.8. The van der Waals surface area contributed by atoms with Crippen molar-refractivity contribution in [1.82, 2.24) is 0 Å². The van der Waals surface area contributed by atoms with Gasteiger partial charge in [0.2, 0.25) is 0 Å². The van der Waals surface area contributed by atoms with Gasteiger partial charge in [-0.1, -0.05) is 107 Å². The van der Waals surface area contributed by atoms with Crippen LogP contribution in [-0.2, 0) is 0 Å². The Morgan fingerprint density at radius 1 is 0.529 bits per heavy atom. The Kier molecular flexibility index (Phi) is 9.60. The SMILES string of the molecule is CC(C)(C)[Si](=C(C#CC(C1=CCCCC1)=[Si](C(C)(C)C)C(C)(C)C)C1=CCCCC1)C(C)(C)C. The van der Waals surface area contributed by atoms with E-state index >= 15 is 0 Å². The van der Waals surface area contributed by atoms with E-state index in [9.17, 15) is 0 Å². The molecule has 0 fully saturated rings. The highest BCUT2D eigenvalue weighted by Gasteiger charge is 2.35. The average molecular weight is 495 g/mol. The van der Waals surface area contributed by atoms with Crippen molar-refractivity contribution in [2.45, 2.75) is 155 Å². The van der Waals surface area contributed by atoms with E-state index in [2.05, 4.69) is 107 Å². The van der Waals surface area contributed by atoms with Gasteiger partial charge in [0, 0.05) is 27.2 Å². The maximum atomic E-state index is 4.02. The van der Waals surface area contributed by atoms with Gasteiger partial charge in [0.25, 0.3) is 0 Å². The highest BCUT2D eigenvalue weighted by atomic mass is 28.2. The fourth-order valence-corrected chi connectivity index (χ4v) is 15.6. The van der Waals surface area contributed by atoms with Crippen LogP contribution in [-0.4, -0.2) is 27.2 Å². The van der Waals surface area contributed by atoms with Gasteiger partial charge in [-0.3, -0.25) is 0 Å². The van der Waals surface area contributed by atoms with Crippen molar-refractivity contribution in [3.63, 3.8) is 0 Å². The summed E-state index contributed by atoms with van der Waals surface area (Å²) < 4.78 is 0. The number of hydrogen-bond donors (Lipinski definition) is 0. The molecule has 0 aromatic heterocycles. The zero-order valence-corrected chi connectivity index (χ0v) is 26.8.